The van der Waals surface area contributed by atoms with Crippen LogP contribution in [0.2, 0.25) is 0 Å². The van der Waals surface area contributed by atoms with Gasteiger partial charge < -0.3 is 15.3 Å². The molecular weight excluding hydrogens is 286 g/mol. The van der Waals surface area contributed by atoms with E-state index in [4.69, 9.17) is 5.11 Å². The van der Waals surface area contributed by atoms with Crippen molar-refractivity contribution in [1.82, 2.24) is 15.1 Å². The van der Waals surface area contributed by atoms with E-state index in [9.17, 15) is 14.4 Å². The van der Waals surface area contributed by atoms with Crippen molar-refractivity contribution in [2.24, 2.45) is 0 Å². The van der Waals surface area contributed by atoms with E-state index < -0.39 is 5.97 Å². The van der Waals surface area contributed by atoms with Crippen LogP contribution in [0, 0.1) is 0 Å². The normalized spacial score (nSPS) is 25.0. The van der Waals surface area contributed by atoms with Gasteiger partial charge in [-0.2, -0.15) is 0 Å². The Morgan fingerprint density at radius 1 is 1.36 bits per heavy atom. The van der Waals surface area contributed by atoms with Crippen molar-refractivity contribution in [3.63, 3.8) is 0 Å². The highest BCUT2D eigenvalue weighted by atomic mass is 16.4. The number of nitrogens with zero attached hydrogens (tertiary/aromatic N) is 2. The van der Waals surface area contributed by atoms with Gasteiger partial charge in [-0.3, -0.25) is 19.3 Å². The molecule has 1 saturated heterocycles. The zero-order valence-corrected chi connectivity index (χ0v) is 13.1. The molecule has 0 radical (unpaired) electrons. The molecule has 1 aliphatic carbocycles. The van der Waals surface area contributed by atoms with Gasteiger partial charge in [0.15, 0.2) is 0 Å². The quantitative estimate of drug-likeness (QED) is 0.693. The van der Waals surface area contributed by atoms with E-state index >= 15 is 0 Å². The van der Waals surface area contributed by atoms with E-state index in [-0.39, 0.29) is 37.0 Å². The molecule has 1 aliphatic heterocycles. The molecule has 0 aromatic carbocycles. The second-order valence-electron chi connectivity index (χ2n) is 6.12. The lowest BCUT2D eigenvalue weighted by molar-refractivity contribution is -0.140. The SMILES string of the molecule is CCN(CC(=O)O)C1CC(NC(=O)CN2CCCCC2=O)C1. The predicted octanol–water partition coefficient (Wildman–Crippen LogP) is 0.0526. The summed E-state index contributed by atoms with van der Waals surface area (Å²) in [6.07, 6.45) is 3.98. The number of carbonyl (C=O) groups excluding carboxylic acids is 2. The number of nitrogens with one attached hydrogen (secondary N) is 1. The number of carbonyl (C=O) groups is 3. The van der Waals surface area contributed by atoms with E-state index in [1.165, 1.54) is 0 Å². The van der Waals surface area contributed by atoms with Crippen LogP contribution in [0.4, 0.5) is 0 Å². The summed E-state index contributed by atoms with van der Waals surface area (Å²) in [7, 11) is 0. The standard InChI is InChI=1S/C15H25N3O4/c1-2-17(10-15(21)22)12-7-11(8-12)16-13(19)9-18-6-4-3-5-14(18)20/h11-12H,2-10H2,1H3,(H,16,19)(H,21,22). The molecule has 124 valence electrons. The van der Waals surface area contributed by atoms with Crippen LogP contribution in [0.15, 0.2) is 0 Å². The highest BCUT2D eigenvalue weighted by molar-refractivity contribution is 5.85. The first-order valence-electron chi connectivity index (χ1n) is 8.02. The van der Waals surface area contributed by atoms with Crippen LogP contribution in [0.5, 0.6) is 0 Å². The molecule has 2 N–H and O–H groups in total. The maximum atomic E-state index is 12.0. The van der Waals surface area contributed by atoms with Crippen molar-refractivity contribution >= 4 is 17.8 Å². The van der Waals surface area contributed by atoms with Gasteiger partial charge in [-0.15, -0.1) is 0 Å². The number of hydrogen-bond acceptors (Lipinski definition) is 4. The molecular formula is C15H25N3O4. The molecule has 0 spiro atoms. The maximum absolute atomic E-state index is 12.0. The first-order valence-corrected chi connectivity index (χ1v) is 8.02. The molecule has 0 aromatic rings. The van der Waals surface area contributed by atoms with Crippen molar-refractivity contribution in [3.8, 4) is 0 Å². The van der Waals surface area contributed by atoms with Gasteiger partial charge in [-0.1, -0.05) is 6.92 Å². The lowest BCUT2D eigenvalue weighted by Crippen LogP contribution is -2.56. The second-order valence-corrected chi connectivity index (χ2v) is 6.12. The fourth-order valence-electron chi connectivity index (χ4n) is 3.15. The fraction of sp³-hybridized carbons (Fsp3) is 0.800. The summed E-state index contributed by atoms with van der Waals surface area (Å²) in [5, 5.41) is 11.8. The predicted molar refractivity (Wildman–Crippen MR) is 80.3 cm³/mol. The van der Waals surface area contributed by atoms with E-state index in [1.807, 2.05) is 11.8 Å². The average Bonchev–Trinajstić information content (AvgIpc) is 2.42. The average molecular weight is 311 g/mol. The van der Waals surface area contributed by atoms with Crippen LogP contribution in [0.3, 0.4) is 0 Å². The molecule has 0 bridgehead atoms. The van der Waals surface area contributed by atoms with Gasteiger partial charge >= 0.3 is 5.97 Å². The van der Waals surface area contributed by atoms with Crippen molar-refractivity contribution in [1.29, 1.82) is 0 Å². The van der Waals surface area contributed by atoms with Gasteiger partial charge in [0.2, 0.25) is 11.8 Å². The van der Waals surface area contributed by atoms with E-state index in [1.54, 1.807) is 4.90 Å². The minimum atomic E-state index is -0.821. The highest BCUT2D eigenvalue weighted by Gasteiger charge is 2.35. The molecule has 7 nitrogen and oxygen atoms in total. The van der Waals surface area contributed by atoms with Gasteiger partial charge in [-0.25, -0.2) is 0 Å². The summed E-state index contributed by atoms with van der Waals surface area (Å²) in [6.45, 7) is 3.50. The molecule has 0 atom stereocenters. The van der Waals surface area contributed by atoms with Crippen LogP contribution in [-0.4, -0.2) is 71.0 Å². The van der Waals surface area contributed by atoms with Gasteiger partial charge in [0.25, 0.3) is 0 Å². The summed E-state index contributed by atoms with van der Waals surface area (Å²) in [6, 6.07) is 0.322. The van der Waals surface area contributed by atoms with E-state index in [2.05, 4.69) is 5.32 Å². The minimum absolute atomic E-state index is 0.0457. The van der Waals surface area contributed by atoms with Crippen LogP contribution in [0.25, 0.3) is 0 Å². The second kappa shape index (κ2) is 7.58. The smallest absolute Gasteiger partial charge is 0.317 e. The number of aliphatic carboxylic acids is 1. The number of likely N-dealkylation sites (N-methyl/N-ethyl adjacent to an activating group) is 1. The van der Waals surface area contributed by atoms with Crippen molar-refractivity contribution < 1.29 is 19.5 Å². The number of amides is 2. The van der Waals surface area contributed by atoms with Gasteiger partial charge in [-0.05, 0) is 32.2 Å². The minimum Gasteiger partial charge on any atom is -0.480 e. The molecule has 2 aliphatic rings. The number of carboxylic acid groups (broad SMARTS) is 1. The Morgan fingerprint density at radius 3 is 2.68 bits per heavy atom. The molecule has 2 fully saturated rings. The largest absolute Gasteiger partial charge is 0.480 e. The van der Waals surface area contributed by atoms with Crippen molar-refractivity contribution in [3.05, 3.63) is 0 Å². The molecule has 0 unspecified atom stereocenters. The Bertz CT molecular complexity index is 435. The van der Waals surface area contributed by atoms with Crippen LogP contribution in [-0.2, 0) is 14.4 Å². The Balaban J connectivity index is 1.69. The van der Waals surface area contributed by atoms with Gasteiger partial charge in [0, 0.05) is 25.0 Å². The Morgan fingerprint density at radius 2 is 2.09 bits per heavy atom. The third kappa shape index (κ3) is 4.43. The fourth-order valence-corrected chi connectivity index (χ4v) is 3.15. The Labute approximate surface area is 130 Å². The molecule has 2 rings (SSSR count). The zero-order valence-electron chi connectivity index (χ0n) is 13.1. The third-order valence-corrected chi connectivity index (χ3v) is 4.50. The molecule has 1 heterocycles. The lowest BCUT2D eigenvalue weighted by Gasteiger charge is -2.42. The van der Waals surface area contributed by atoms with Crippen LogP contribution in [0.1, 0.15) is 39.0 Å². The zero-order chi connectivity index (χ0) is 16.1. The molecule has 1 saturated carbocycles. The summed E-state index contributed by atoms with van der Waals surface area (Å²) >= 11 is 0. The first-order chi connectivity index (χ1) is 10.5. The summed E-state index contributed by atoms with van der Waals surface area (Å²) < 4.78 is 0. The van der Waals surface area contributed by atoms with E-state index in [0.29, 0.717) is 19.5 Å². The number of hydrogen-bond donors (Lipinski definition) is 2. The van der Waals surface area contributed by atoms with Crippen LogP contribution >= 0.6 is 0 Å². The first kappa shape index (κ1) is 16.7. The Kier molecular flexibility index (Phi) is 5.76. The Hall–Kier alpha value is -1.63. The van der Waals surface area contributed by atoms with Crippen molar-refractivity contribution in [2.45, 2.75) is 51.1 Å². The topological polar surface area (TPSA) is 90.0 Å². The molecule has 7 heteroatoms. The van der Waals surface area contributed by atoms with Gasteiger partial charge in [0.1, 0.15) is 0 Å². The van der Waals surface area contributed by atoms with Crippen LogP contribution < -0.4 is 5.32 Å². The number of likely N-dealkylation sites (tertiary alicyclic amines) is 1. The van der Waals surface area contributed by atoms with Crippen molar-refractivity contribution in [2.75, 3.05) is 26.2 Å². The summed E-state index contributed by atoms with van der Waals surface area (Å²) in [5.74, 6) is -0.871. The molecule has 0 aromatic heterocycles. The monoisotopic (exact) mass is 311 g/mol. The molecule has 22 heavy (non-hydrogen) atoms. The number of carboxylic acids is 1. The number of rotatable bonds is 7. The van der Waals surface area contributed by atoms with Gasteiger partial charge in [0.05, 0.1) is 13.1 Å². The van der Waals surface area contributed by atoms with E-state index in [0.717, 1.165) is 25.7 Å². The summed E-state index contributed by atoms with van der Waals surface area (Å²) in [5.41, 5.74) is 0. The molecule has 2 amide bonds. The maximum Gasteiger partial charge on any atom is 0.317 e. The summed E-state index contributed by atoms with van der Waals surface area (Å²) in [4.78, 5) is 38.0. The number of piperidine rings is 1. The lowest BCUT2D eigenvalue weighted by atomic mass is 9.85. The third-order valence-electron chi connectivity index (χ3n) is 4.50. The highest BCUT2D eigenvalue weighted by Crippen LogP contribution is 2.25.